The maximum atomic E-state index is 14.6. The molecule has 3 rings (SSSR count). The summed E-state index contributed by atoms with van der Waals surface area (Å²) in [5, 5.41) is 9.27. The second-order valence-electron chi connectivity index (χ2n) is 8.10. The fourth-order valence-corrected chi connectivity index (χ4v) is 3.85. The molecular weight excluding hydrogens is 404 g/mol. The van der Waals surface area contributed by atoms with Crippen LogP contribution in [0.5, 0.6) is 5.75 Å². The van der Waals surface area contributed by atoms with Gasteiger partial charge >= 0.3 is 5.97 Å². The third kappa shape index (κ3) is 5.76. The first-order valence-electron chi connectivity index (χ1n) is 10.7. The van der Waals surface area contributed by atoms with Crippen molar-refractivity contribution < 1.29 is 23.4 Å². The van der Waals surface area contributed by atoms with E-state index in [0.717, 1.165) is 25.9 Å². The van der Waals surface area contributed by atoms with Crippen molar-refractivity contribution >= 4 is 5.97 Å². The zero-order valence-electron chi connectivity index (χ0n) is 18.0. The molecule has 1 saturated heterocycles. The number of carboxylic acids is 1. The first kappa shape index (κ1) is 23.1. The minimum Gasteiger partial charge on any atom is -0.490 e. The van der Waals surface area contributed by atoms with Crippen molar-refractivity contribution in [1.82, 2.24) is 14.9 Å². The van der Waals surface area contributed by atoms with Crippen LogP contribution in [-0.2, 0) is 0 Å². The van der Waals surface area contributed by atoms with E-state index in [-0.39, 0.29) is 17.0 Å². The van der Waals surface area contributed by atoms with Crippen molar-refractivity contribution in [3.63, 3.8) is 0 Å². The fraction of sp³-hybridized carbons (Fsp3) is 0.522. The van der Waals surface area contributed by atoms with Gasteiger partial charge in [0, 0.05) is 6.54 Å². The normalized spacial score (nSPS) is 15.7. The highest BCUT2D eigenvalue weighted by Gasteiger charge is 2.30. The standard InChI is InChI=1S/C23H29F2N3O3/c1-3-23(25,4-2)15-28-10-8-16(9-11-28)14-31-17-12-26-21(27-13-17)20-18(22(29)30)6-5-7-19(20)24/h5-7,12-13,16H,3-4,8-11,14-15H2,1-2H3,(H,29,30). The quantitative estimate of drug-likeness (QED) is 0.623. The van der Waals surface area contributed by atoms with Gasteiger partial charge in [0.2, 0.25) is 0 Å². The van der Waals surface area contributed by atoms with E-state index in [1.807, 2.05) is 13.8 Å². The molecule has 1 aliphatic heterocycles. The maximum absolute atomic E-state index is 14.6. The first-order chi connectivity index (χ1) is 14.8. The van der Waals surface area contributed by atoms with Gasteiger partial charge in [-0.1, -0.05) is 19.9 Å². The number of ether oxygens (including phenoxy) is 1. The Bertz CT molecular complexity index is 880. The van der Waals surface area contributed by atoms with Crippen LogP contribution in [0.2, 0.25) is 0 Å². The summed E-state index contributed by atoms with van der Waals surface area (Å²) in [6.45, 7) is 6.47. The summed E-state index contributed by atoms with van der Waals surface area (Å²) in [5.74, 6) is -1.13. The average molecular weight is 433 g/mol. The number of likely N-dealkylation sites (tertiary alicyclic amines) is 1. The number of alkyl halides is 1. The molecule has 0 radical (unpaired) electrons. The van der Waals surface area contributed by atoms with Crippen molar-refractivity contribution in [3.05, 3.63) is 42.0 Å². The number of aromatic carboxylic acids is 1. The number of halogens is 2. The molecule has 0 bridgehead atoms. The molecule has 6 nitrogen and oxygen atoms in total. The lowest BCUT2D eigenvalue weighted by Gasteiger charge is -2.36. The molecule has 31 heavy (non-hydrogen) atoms. The Balaban J connectivity index is 1.54. The Hall–Kier alpha value is -2.61. The molecule has 1 aromatic carbocycles. The van der Waals surface area contributed by atoms with E-state index in [1.54, 1.807) is 0 Å². The van der Waals surface area contributed by atoms with Crippen LogP contribution in [0.3, 0.4) is 0 Å². The number of piperidine rings is 1. The van der Waals surface area contributed by atoms with Gasteiger partial charge in [-0.15, -0.1) is 0 Å². The van der Waals surface area contributed by atoms with Gasteiger partial charge in [-0.2, -0.15) is 0 Å². The third-order valence-corrected chi connectivity index (χ3v) is 6.06. The number of hydrogen-bond donors (Lipinski definition) is 1. The predicted molar refractivity (Wildman–Crippen MR) is 113 cm³/mol. The summed E-state index contributed by atoms with van der Waals surface area (Å²) in [6.07, 6.45) is 5.77. The van der Waals surface area contributed by atoms with Crippen LogP contribution in [0.1, 0.15) is 49.9 Å². The summed E-state index contributed by atoms with van der Waals surface area (Å²) < 4.78 is 34.6. The van der Waals surface area contributed by atoms with E-state index in [0.29, 0.717) is 37.7 Å². The largest absolute Gasteiger partial charge is 0.490 e. The van der Waals surface area contributed by atoms with Crippen LogP contribution >= 0.6 is 0 Å². The monoisotopic (exact) mass is 433 g/mol. The van der Waals surface area contributed by atoms with Crippen molar-refractivity contribution in [1.29, 1.82) is 0 Å². The van der Waals surface area contributed by atoms with Crippen molar-refractivity contribution in [2.45, 2.75) is 45.2 Å². The molecule has 2 aromatic rings. The van der Waals surface area contributed by atoms with Crippen LogP contribution in [0.15, 0.2) is 30.6 Å². The molecule has 0 amide bonds. The molecule has 2 heterocycles. The van der Waals surface area contributed by atoms with Gasteiger partial charge in [0.15, 0.2) is 11.6 Å². The molecule has 8 heteroatoms. The smallest absolute Gasteiger partial charge is 0.336 e. The second-order valence-corrected chi connectivity index (χ2v) is 8.10. The molecule has 1 fully saturated rings. The van der Waals surface area contributed by atoms with Crippen molar-refractivity contribution in [2.75, 3.05) is 26.2 Å². The fourth-order valence-electron chi connectivity index (χ4n) is 3.85. The van der Waals surface area contributed by atoms with Crippen molar-refractivity contribution in [3.8, 4) is 17.1 Å². The molecule has 1 aromatic heterocycles. The van der Waals surface area contributed by atoms with E-state index < -0.39 is 17.5 Å². The van der Waals surface area contributed by atoms with E-state index in [2.05, 4.69) is 14.9 Å². The zero-order valence-corrected chi connectivity index (χ0v) is 18.0. The summed E-state index contributed by atoms with van der Waals surface area (Å²) in [6, 6.07) is 3.83. The van der Waals surface area contributed by atoms with E-state index in [9.17, 15) is 18.7 Å². The van der Waals surface area contributed by atoms with Gasteiger partial charge < -0.3 is 14.7 Å². The van der Waals surface area contributed by atoms with Crippen LogP contribution in [0.25, 0.3) is 11.4 Å². The summed E-state index contributed by atoms with van der Waals surface area (Å²) in [4.78, 5) is 21.7. The molecular formula is C23H29F2N3O3. The molecule has 1 aliphatic rings. The number of aromatic nitrogens is 2. The number of carbonyl (C=O) groups is 1. The number of rotatable bonds is 9. The van der Waals surface area contributed by atoms with Gasteiger partial charge in [0.25, 0.3) is 0 Å². The maximum Gasteiger partial charge on any atom is 0.336 e. The average Bonchev–Trinajstić information content (AvgIpc) is 2.78. The minimum absolute atomic E-state index is 0.00212. The Morgan fingerprint density at radius 3 is 2.45 bits per heavy atom. The number of benzene rings is 1. The molecule has 0 spiro atoms. The zero-order chi connectivity index (χ0) is 22.4. The lowest BCUT2D eigenvalue weighted by atomic mass is 9.94. The van der Waals surface area contributed by atoms with E-state index >= 15 is 0 Å². The summed E-state index contributed by atoms with van der Waals surface area (Å²) >= 11 is 0. The molecule has 0 saturated carbocycles. The van der Waals surface area contributed by atoms with Crippen LogP contribution in [0, 0.1) is 11.7 Å². The van der Waals surface area contributed by atoms with Crippen molar-refractivity contribution in [2.24, 2.45) is 5.92 Å². The van der Waals surface area contributed by atoms with E-state index in [4.69, 9.17) is 4.74 Å². The Labute approximate surface area is 181 Å². The Morgan fingerprint density at radius 1 is 1.23 bits per heavy atom. The third-order valence-electron chi connectivity index (χ3n) is 6.06. The van der Waals surface area contributed by atoms with E-state index in [1.165, 1.54) is 30.6 Å². The van der Waals surface area contributed by atoms with Gasteiger partial charge in [0.1, 0.15) is 11.5 Å². The van der Waals surface area contributed by atoms with Crippen LogP contribution in [0.4, 0.5) is 8.78 Å². The lowest BCUT2D eigenvalue weighted by molar-refractivity contribution is 0.0568. The van der Waals surface area contributed by atoms with Gasteiger partial charge in [0.05, 0.1) is 30.1 Å². The molecule has 0 aliphatic carbocycles. The highest BCUT2D eigenvalue weighted by molar-refractivity contribution is 5.95. The SMILES string of the molecule is CCC(F)(CC)CN1CCC(COc2cnc(-c3c(F)cccc3C(=O)O)nc2)CC1. The summed E-state index contributed by atoms with van der Waals surface area (Å²) in [5.41, 5.74) is -1.44. The van der Waals surface area contributed by atoms with Gasteiger partial charge in [-0.3, -0.25) is 0 Å². The number of hydrogen-bond acceptors (Lipinski definition) is 5. The second kappa shape index (κ2) is 10.1. The number of nitrogens with zero attached hydrogens (tertiary/aromatic N) is 3. The minimum atomic E-state index is -1.24. The Morgan fingerprint density at radius 2 is 1.87 bits per heavy atom. The predicted octanol–water partition coefficient (Wildman–Crippen LogP) is 4.60. The molecule has 0 atom stereocenters. The molecule has 168 valence electrons. The molecule has 0 unspecified atom stereocenters. The lowest BCUT2D eigenvalue weighted by Crippen LogP contribution is -2.44. The van der Waals surface area contributed by atoms with Gasteiger partial charge in [-0.05, 0) is 56.8 Å². The van der Waals surface area contributed by atoms with Gasteiger partial charge in [-0.25, -0.2) is 23.5 Å². The van der Waals surface area contributed by atoms with Crippen LogP contribution < -0.4 is 4.74 Å². The summed E-state index contributed by atoms with van der Waals surface area (Å²) in [7, 11) is 0. The van der Waals surface area contributed by atoms with Crippen LogP contribution in [-0.4, -0.2) is 57.9 Å². The number of carboxylic acid groups (broad SMARTS) is 1. The highest BCUT2D eigenvalue weighted by atomic mass is 19.1. The molecule has 1 N–H and O–H groups in total. The topological polar surface area (TPSA) is 75.5 Å². The first-order valence-corrected chi connectivity index (χ1v) is 10.7. The highest BCUT2D eigenvalue weighted by Crippen LogP contribution is 2.27. The Kier molecular flexibility index (Phi) is 7.54.